The van der Waals surface area contributed by atoms with Gasteiger partial charge < -0.3 is 10.1 Å². The highest BCUT2D eigenvalue weighted by molar-refractivity contribution is 7.11. The van der Waals surface area contributed by atoms with Gasteiger partial charge in [-0.3, -0.25) is 4.68 Å². The summed E-state index contributed by atoms with van der Waals surface area (Å²) in [6.45, 7) is 4.46. The average Bonchev–Trinajstić information content (AvgIpc) is 2.95. The first-order valence-electron chi connectivity index (χ1n) is 5.69. The highest BCUT2D eigenvalue weighted by atomic mass is 32.1. The minimum atomic E-state index is 0.615. The van der Waals surface area contributed by atoms with Crippen LogP contribution in [0.2, 0.25) is 0 Å². The van der Waals surface area contributed by atoms with Crippen LogP contribution in [0.3, 0.4) is 0 Å². The van der Waals surface area contributed by atoms with E-state index < -0.39 is 0 Å². The summed E-state index contributed by atoms with van der Waals surface area (Å²) in [6.07, 6.45) is 3.67. The predicted molar refractivity (Wildman–Crippen MR) is 69.3 cm³/mol. The Morgan fingerprint density at radius 2 is 2.24 bits per heavy atom. The quantitative estimate of drug-likeness (QED) is 0.856. The van der Waals surface area contributed by atoms with Crippen LogP contribution in [0.5, 0.6) is 5.75 Å². The van der Waals surface area contributed by atoms with Gasteiger partial charge in [-0.15, -0.1) is 11.3 Å². The number of rotatable bonds is 6. The second kappa shape index (κ2) is 5.84. The van der Waals surface area contributed by atoms with Crippen molar-refractivity contribution in [2.75, 3.05) is 7.05 Å². The smallest absolute Gasteiger partial charge is 0.157 e. The molecule has 2 aromatic rings. The minimum absolute atomic E-state index is 0.615. The number of aryl methyl sites for hydroxylation is 1. The molecule has 0 bridgehead atoms. The van der Waals surface area contributed by atoms with Crippen molar-refractivity contribution in [3.8, 4) is 5.75 Å². The van der Waals surface area contributed by atoms with Gasteiger partial charge in [-0.05, 0) is 26.1 Å². The van der Waals surface area contributed by atoms with Crippen molar-refractivity contribution >= 4 is 11.3 Å². The van der Waals surface area contributed by atoms with Crippen LogP contribution in [0.4, 0.5) is 0 Å². The van der Waals surface area contributed by atoms with Gasteiger partial charge in [0.1, 0.15) is 6.61 Å². The second-order valence-electron chi connectivity index (χ2n) is 3.72. The van der Waals surface area contributed by atoms with Gasteiger partial charge in [-0.1, -0.05) is 0 Å². The molecule has 0 atom stereocenters. The Labute approximate surface area is 105 Å². The summed E-state index contributed by atoms with van der Waals surface area (Å²) in [6, 6.07) is 4.25. The average molecular weight is 251 g/mol. The fourth-order valence-electron chi connectivity index (χ4n) is 1.52. The maximum absolute atomic E-state index is 5.67. The molecule has 17 heavy (non-hydrogen) atoms. The molecule has 0 saturated carbocycles. The van der Waals surface area contributed by atoms with Crippen LogP contribution in [0.15, 0.2) is 24.5 Å². The van der Waals surface area contributed by atoms with E-state index in [0.29, 0.717) is 6.61 Å². The van der Waals surface area contributed by atoms with E-state index in [2.05, 4.69) is 29.5 Å². The molecule has 0 amide bonds. The molecular weight excluding hydrogens is 234 g/mol. The molecule has 0 aromatic carbocycles. The van der Waals surface area contributed by atoms with Gasteiger partial charge in [-0.25, -0.2) is 0 Å². The summed E-state index contributed by atoms with van der Waals surface area (Å²) >= 11 is 1.77. The molecule has 0 unspecified atom stereocenters. The van der Waals surface area contributed by atoms with Gasteiger partial charge in [0.15, 0.2) is 5.75 Å². The van der Waals surface area contributed by atoms with Crippen LogP contribution in [0, 0.1) is 0 Å². The molecule has 0 aliphatic carbocycles. The summed E-state index contributed by atoms with van der Waals surface area (Å²) in [4.78, 5) is 2.56. The standard InChI is InChI=1S/C12H17N3OS/c1-3-15-8-10(6-14-15)16-9-12-5-4-11(17-12)7-13-2/h4-6,8,13H,3,7,9H2,1-2H3. The third-order valence-electron chi connectivity index (χ3n) is 2.38. The predicted octanol–water partition coefficient (Wildman–Crippen LogP) is 2.26. The zero-order chi connectivity index (χ0) is 12.1. The summed E-state index contributed by atoms with van der Waals surface area (Å²) in [5, 5.41) is 7.30. The van der Waals surface area contributed by atoms with Crippen molar-refractivity contribution in [1.82, 2.24) is 15.1 Å². The number of nitrogens with zero attached hydrogens (tertiary/aromatic N) is 2. The summed E-state index contributed by atoms with van der Waals surface area (Å²) < 4.78 is 7.53. The van der Waals surface area contributed by atoms with Crippen LogP contribution in [-0.2, 0) is 19.7 Å². The van der Waals surface area contributed by atoms with Gasteiger partial charge in [0.05, 0.1) is 12.4 Å². The van der Waals surface area contributed by atoms with E-state index in [9.17, 15) is 0 Å². The van der Waals surface area contributed by atoms with Gasteiger partial charge in [-0.2, -0.15) is 5.10 Å². The number of hydrogen-bond acceptors (Lipinski definition) is 4. The van der Waals surface area contributed by atoms with Gasteiger partial charge in [0.2, 0.25) is 0 Å². The van der Waals surface area contributed by atoms with E-state index in [0.717, 1.165) is 18.8 Å². The Morgan fingerprint density at radius 3 is 2.94 bits per heavy atom. The Hall–Kier alpha value is -1.33. The highest BCUT2D eigenvalue weighted by Gasteiger charge is 2.02. The number of thiophene rings is 1. The number of ether oxygens (including phenoxy) is 1. The lowest BCUT2D eigenvalue weighted by molar-refractivity contribution is 0.309. The first-order chi connectivity index (χ1) is 8.31. The Balaban J connectivity index is 1.88. The van der Waals surface area contributed by atoms with E-state index in [1.807, 2.05) is 17.9 Å². The molecule has 4 nitrogen and oxygen atoms in total. The molecule has 0 saturated heterocycles. The molecule has 92 valence electrons. The van der Waals surface area contributed by atoms with Crippen molar-refractivity contribution in [3.63, 3.8) is 0 Å². The van der Waals surface area contributed by atoms with E-state index in [-0.39, 0.29) is 0 Å². The third kappa shape index (κ3) is 3.31. The molecule has 2 rings (SSSR count). The number of hydrogen-bond donors (Lipinski definition) is 1. The van der Waals surface area contributed by atoms with Gasteiger partial charge in [0, 0.05) is 22.8 Å². The van der Waals surface area contributed by atoms with Crippen molar-refractivity contribution in [2.45, 2.75) is 26.6 Å². The van der Waals surface area contributed by atoms with Crippen LogP contribution in [0.1, 0.15) is 16.7 Å². The van der Waals surface area contributed by atoms with E-state index >= 15 is 0 Å². The van der Waals surface area contributed by atoms with E-state index in [1.165, 1.54) is 9.75 Å². The maximum Gasteiger partial charge on any atom is 0.157 e. The number of nitrogens with one attached hydrogen (secondary N) is 1. The van der Waals surface area contributed by atoms with E-state index in [1.54, 1.807) is 17.5 Å². The van der Waals surface area contributed by atoms with Crippen molar-refractivity contribution in [2.24, 2.45) is 0 Å². The topological polar surface area (TPSA) is 39.1 Å². The third-order valence-corrected chi connectivity index (χ3v) is 3.44. The molecule has 0 radical (unpaired) electrons. The lowest BCUT2D eigenvalue weighted by atomic mass is 10.4. The lowest BCUT2D eigenvalue weighted by Gasteiger charge is -2.00. The monoisotopic (exact) mass is 251 g/mol. The fourth-order valence-corrected chi connectivity index (χ4v) is 2.46. The van der Waals surface area contributed by atoms with Crippen molar-refractivity contribution < 1.29 is 4.74 Å². The summed E-state index contributed by atoms with van der Waals surface area (Å²) in [5.41, 5.74) is 0. The van der Waals surface area contributed by atoms with Crippen LogP contribution < -0.4 is 10.1 Å². The zero-order valence-electron chi connectivity index (χ0n) is 10.1. The van der Waals surface area contributed by atoms with Crippen LogP contribution in [-0.4, -0.2) is 16.8 Å². The molecule has 2 heterocycles. The SMILES string of the molecule is CCn1cc(OCc2ccc(CNC)s2)cn1. The molecule has 2 aromatic heterocycles. The van der Waals surface area contributed by atoms with Crippen molar-refractivity contribution in [3.05, 3.63) is 34.3 Å². The summed E-state index contributed by atoms with van der Waals surface area (Å²) in [7, 11) is 1.95. The molecule has 0 fully saturated rings. The summed E-state index contributed by atoms with van der Waals surface area (Å²) in [5.74, 6) is 0.829. The lowest BCUT2D eigenvalue weighted by Crippen LogP contribution is -2.02. The normalized spacial score (nSPS) is 10.7. The minimum Gasteiger partial charge on any atom is -0.485 e. The zero-order valence-corrected chi connectivity index (χ0v) is 11.0. The molecule has 0 aliphatic heterocycles. The largest absolute Gasteiger partial charge is 0.485 e. The van der Waals surface area contributed by atoms with Gasteiger partial charge >= 0.3 is 0 Å². The first-order valence-corrected chi connectivity index (χ1v) is 6.51. The molecule has 0 aliphatic rings. The van der Waals surface area contributed by atoms with Crippen LogP contribution >= 0.6 is 11.3 Å². The molecule has 0 spiro atoms. The molecular formula is C12H17N3OS. The molecule has 5 heteroatoms. The Morgan fingerprint density at radius 1 is 1.41 bits per heavy atom. The number of aromatic nitrogens is 2. The second-order valence-corrected chi connectivity index (χ2v) is 4.97. The molecule has 1 N–H and O–H groups in total. The Bertz CT molecular complexity index is 464. The van der Waals surface area contributed by atoms with Crippen LogP contribution in [0.25, 0.3) is 0 Å². The Kier molecular flexibility index (Phi) is 4.17. The van der Waals surface area contributed by atoms with Crippen molar-refractivity contribution in [1.29, 1.82) is 0 Å². The highest BCUT2D eigenvalue weighted by Crippen LogP contribution is 2.18. The first kappa shape index (κ1) is 12.1. The van der Waals surface area contributed by atoms with E-state index in [4.69, 9.17) is 4.74 Å². The fraction of sp³-hybridized carbons (Fsp3) is 0.417. The van der Waals surface area contributed by atoms with Gasteiger partial charge in [0.25, 0.3) is 0 Å². The maximum atomic E-state index is 5.67.